The van der Waals surface area contributed by atoms with Crippen molar-refractivity contribution in [3.05, 3.63) is 137 Å². The zero-order valence-electron chi connectivity index (χ0n) is 20.4. The van der Waals surface area contributed by atoms with Crippen LogP contribution in [0.3, 0.4) is 0 Å². The first kappa shape index (κ1) is 29.7. The highest BCUT2D eigenvalue weighted by Crippen LogP contribution is 2.45. The number of rotatable bonds is 8. The highest BCUT2D eigenvalue weighted by Gasteiger charge is 2.48. The standard InChI is InChI=1S/C16H17ClINO2.C14H10ClIO/c17-14-5-1-12(2-6-14)16(21,11-19-9-10-20)13-3-7-15(18)8-4-13;15-12-5-1-10(2-6-12)14(9-17-14)11-3-7-13(16)8-4-11/h1-8,19-21H,9-11H2;1-8H,9H2. The minimum absolute atomic E-state index is 0.0311. The van der Waals surface area contributed by atoms with Crippen molar-refractivity contribution < 1.29 is 14.9 Å². The van der Waals surface area contributed by atoms with Crippen LogP contribution in [0.25, 0.3) is 0 Å². The molecule has 8 heteroatoms. The van der Waals surface area contributed by atoms with E-state index in [1.54, 1.807) is 12.1 Å². The van der Waals surface area contributed by atoms with E-state index in [0.29, 0.717) is 18.1 Å². The van der Waals surface area contributed by atoms with Crippen molar-refractivity contribution in [3.63, 3.8) is 0 Å². The summed E-state index contributed by atoms with van der Waals surface area (Å²) in [5.41, 5.74) is 2.54. The lowest BCUT2D eigenvalue weighted by Gasteiger charge is -2.30. The Morgan fingerprint density at radius 1 is 0.737 bits per heavy atom. The quantitative estimate of drug-likeness (QED) is 0.103. The topological polar surface area (TPSA) is 65.0 Å². The van der Waals surface area contributed by atoms with E-state index in [2.05, 4.69) is 74.8 Å². The molecule has 3 N–H and O–H groups in total. The van der Waals surface area contributed by atoms with E-state index in [1.165, 1.54) is 14.7 Å². The lowest BCUT2D eigenvalue weighted by Crippen LogP contribution is -2.40. The Hall–Kier alpha value is -1.24. The zero-order chi connectivity index (χ0) is 27.2. The summed E-state index contributed by atoms with van der Waals surface area (Å²) in [6.07, 6.45) is 0. The molecule has 0 aromatic heterocycles. The number of ether oxygens (including phenoxy) is 1. The molecule has 0 amide bonds. The number of hydrogen-bond acceptors (Lipinski definition) is 4. The van der Waals surface area contributed by atoms with Crippen molar-refractivity contribution in [3.8, 4) is 0 Å². The Labute approximate surface area is 260 Å². The van der Waals surface area contributed by atoms with Gasteiger partial charge < -0.3 is 20.3 Å². The molecule has 5 rings (SSSR count). The molecule has 1 heterocycles. The molecule has 4 aromatic rings. The maximum absolute atomic E-state index is 11.2. The molecule has 2 unspecified atom stereocenters. The summed E-state index contributed by atoms with van der Waals surface area (Å²) in [5, 5.41) is 24.5. The molecule has 1 saturated heterocycles. The zero-order valence-corrected chi connectivity index (χ0v) is 26.2. The summed E-state index contributed by atoms with van der Waals surface area (Å²) in [6.45, 7) is 1.52. The summed E-state index contributed by atoms with van der Waals surface area (Å²) >= 11 is 16.4. The van der Waals surface area contributed by atoms with Crippen molar-refractivity contribution in [2.75, 3.05) is 26.3 Å². The fourth-order valence-electron chi connectivity index (χ4n) is 4.18. The normalized spacial score (nSPS) is 17.7. The molecule has 1 aliphatic rings. The Bertz CT molecular complexity index is 1220. The number of epoxide rings is 1. The van der Waals surface area contributed by atoms with Crippen LogP contribution < -0.4 is 5.32 Å². The Morgan fingerprint density at radius 2 is 1.13 bits per heavy atom. The first-order valence-electron chi connectivity index (χ1n) is 12.0. The summed E-state index contributed by atoms with van der Waals surface area (Å²) in [6, 6.07) is 31.3. The monoisotopic (exact) mass is 773 g/mol. The Morgan fingerprint density at radius 3 is 1.58 bits per heavy atom. The van der Waals surface area contributed by atoms with Gasteiger partial charge in [0.25, 0.3) is 0 Å². The summed E-state index contributed by atoms with van der Waals surface area (Å²) in [5.74, 6) is 0. The van der Waals surface area contributed by atoms with Crippen LogP contribution in [0, 0.1) is 7.14 Å². The maximum atomic E-state index is 11.2. The van der Waals surface area contributed by atoms with Gasteiger partial charge in [0.2, 0.25) is 0 Å². The molecule has 4 aromatic carbocycles. The average molecular weight is 774 g/mol. The number of aliphatic hydroxyl groups excluding tert-OH is 1. The third kappa shape index (κ3) is 7.28. The Balaban J connectivity index is 0.000000180. The molecule has 198 valence electrons. The van der Waals surface area contributed by atoms with E-state index >= 15 is 0 Å². The van der Waals surface area contributed by atoms with Gasteiger partial charge in [-0.1, -0.05) is 71.7 Å². The third-order valence-electron chi connectivity index (χ3n) is 6.37. The fraction of sp³-hybridized carbons (Fsp3) is 0.200. The van der Waals surface area contributed by atoms with E-state index in [-0.39, 0.29) is 12.2 Å². The van der Waals surface area contributed by atoms with Crippen LogP contribution in [0.4, 0.5) is 0 Å². The van der Waals surface area contributed by atoms with E-state index in [1.807, 2.05) is 60.7 Å². The molecule has 1 fully saturated rings. The summed E-state index contributed by atoms with van der Waals surface area (Å²) < 4.78 is 8.05. The number of benzene rings is 4. The van der Waals surface area contributed by atoms with Gasteiger partial charge >= 0.3 is 0 Å². The van der Waals surface area contributed by atoms with E-state index < -0.39 is 5.60 Å². The highest BCUT2D eigenvalue weighted by atomic mass is 127. The molecule has 2 atom stereocenters. The van der Waals surface area contributed by atoms with Gasteiger partial charge in [0.05, 0.1) is 13.2 Å². The van der Waals surface area contributed by atoms with Crippen molar-refractivity contribution in [1.82, 2.24) is 5.32 Å². The van der Waals surface area contributed by atoms with E-state index in [4.69, 9.17) is 33.0 Å². The largest absolute Gasteiger partial charge is 0.395 e. The van der Waals surface area contributed by atoms with Gasteiger partial charge in [-0.3, -0.25) is 0 Å². The molecule has 1 aliphatic heterocycles. The van der Waals surface area contributed by atoms with Gasteiger partial charge in [0, 0.05) is 30.3 Å². The van der Waals surface area contributed by atoms with Gasteiger partial charge in [-0.2, -0.15) is 0 Å². The predicted molar refractivity (Wildman–Crippen MR) is 171 cm³/mol. The van der Waals surface area contributed by atoms with Crippen LogP contribution in [-0.4, -0.2) is 36.5 Å². The third-order valence-corrected chi connectivity index (χ3v) is 8.31. The second-order valence-corrected chi connectivity index (χ2v) is 12.3. The first-order chi connectivity index (χ1) is 18.3. The predicted octanol–water partition coefficient (Wildman–Crippen LogP) is 6.98. The SMILES string of the molecule is Clc1ccc(C2(c3ccc(I)cc3)CO2)cc1.OCCNCC(O)(c1ccc(Cl)cc1)c1ccc(I)cc1. The minimum Gasteiger partial charge on any atom is -0.395 e. The van der Waals surface area contributed by atoms with Gasteiger partial charge in [-0.05, 0) is 116 Å². The van der Waals surface area contributed by atoms with Crippen molar-refractivity contribution >= 4 is 68.4 Å². The lowest BCUT2D eigenvalue weighted by molar-refractivity contribution is 0.0786. The van der Waals surface area contributed by atoms with Crippen LogP contribution in [0.1, 0.15) is 22.3 Å². The lowest BCUT2D eigenvalue weighted by atomic mass is 9.86. The van der Waals surface area contributed by atoms with Crippen LogP contribution in [-0.2, 0) is 15.9 Å². The molecule has 0 spiro atoms. The molecule has 38 heavy (non-hydrogen) atoms. The number of hydrogen-bond donors (Lipinski definition) is 3. The first-order valence-corrected chi connectivity index (χ1v) is 14.9. The van der Waals surface area contributed by atoms with Gasteiger partial charge in [-0.25, -0.2) is 0 Å². The van der Waals surface area contributed by atoms with Gasteiger partial charge in [-0.15, -0.1) is 0 Å². The number of halogens is 4. The molecule has 0 bridgehead atoms. The molecular formula is C30H27Cl2I2NO3. The van der Waals surface area contributed by atoms with Crippen molar-refractivity contribution in [1.29, 1.82) is 0 Å². The molecule has 4 nitrogen and oxygen atoms in total. The minimum atomic E-state index is -1.16. The second-order valence-electron chi connectivity index (χ2n) is 8.90. The summed E-state index contributed by atoms with van der Waals surface area (Å²) in [7, 11) is 0. The van der Waals surface area contributed by atoms with Crippen molar-refractivity contribution in [2.45, 2.75) is 11.2 Å². The Kier molecular flexibility index (Phi) is 10.5. The van der Waals surface area contributed by atoms with Gasteiger partial charge in [0.15, 0.2) is 0 Å². The van der Waals surface area contributed by atoms with E-state index in [0.717, 1.165) is 26.3 Å². The molecule has 0 radical (unpaired) electrons. The smallest absolute Gasteiger partial charge is 0.142 e. The second kappa shape index (κ2) is 13.4. The van der Waals surface area contributed by atoms with Crippen LogP contribution >= 0.6 is 68.4 Å². The average Bonchev–Trinajstić information content (AvgIpc) is 3.73. The molecular weight excluding hydrogens is 747 g/mol. The van der Waals surface area contributed by atoms with Crippen molar-refractivity contribution in [2.24, 2.45) is 0 Å². The fourth-order valence-corrected chi connectivity index (χ4v) is 5.15. The highest BCUT2D eigenvalue weighted by molar-refractivity contribution is 14.1. The number of aliphatic hydroxyl groups is 2. The molecule has 0 aliphatic carbocycles. The van der Waals surface area contributed by atoms with Crippen LogP contribution in [0.2, 0.25) is 10.0 Å². The maximum Gasteiger partial charge on any atom is 0.142 e. The summed E-state index contributed by atoms with van der Waals surface area (Å²) in [4.78, 5) is 0. The van der Waals surface area contributed by atoms with E-state index in [9.17, 15) is 5.11 Å². The van der Waals surface area contributed by atoms with Gasteiger partial charge in [0.1, 0.15) is 11.2 Å². The van der Waals surface area contributed by atoms with Crippen LogP contribution in [0.5, 0.6) is 0 Å². The van der Waals surface area contributed by atoms with Crippen LogP contribution in [0.15, 0.2) is 97.1 Å². The number of nitrogens with one attached hydrogen (secondary N) is 1. The molecule has 0 saturated carbocycles.